The lowest BCUT2D eigenvalue weighted by Gasteiger charge is -2.39. The van der Waals surface area contributed by atoms with Gasteiger partial charge in [-0.1, -0.05) is 48.9 Å². The van der Waals surface area contributed by atoms with Crippen LogP contribution in [0.1, 0.15) is 48.3 Å². The Morgan fingerprint density at radius 1 is 1.18 bits per heavy atom. The van der Waals surface area contributed by atoms with E-state index in [2.05, 4.69) is 10.4 Å². The highest BCUT2D eigenvalue weighted by Crippen LogP contribution is 2.46. The molecule has 3 unspecified atom stereocenters. The largest absolute Gasteiger partial charge is 0.435 e. The molecule has 3 atom stereocenters. The molecule has 1 heterocycles. The molecule has 2 aromatic rings. The highest BCUT2D eigenvalue weighted by atomic mass is 35.5. The molecule has 38 heavy (non-hydrogen) atoms. The second-order valence-corrected chi connectivity index (χ2v) is 9.49. The number of aromatic nitrogens is 2. The van der Waals surface area contributed by atoms with Gasteiger partial charge >= 0.3 is 12.4 Å². The number of nitrogens with one attached hydrogen (secondary N) is 1. The Morgan fingerprint density at radius 3 is 2.37 bits per heavy atom. The van der Waals surface area contributed by atoms with Crippen LogP contribution >= 0.6 is 11.6 Å². The van der Waals surface area contributed by atoms with Crippen molar-refractivity contribution in [2.75, 3.05) is 0 Å². The quantitative estimate of drug-likeness (QED) is 0.453. The molecule has 0 radical (unpaired) electrons. The van der Waals surface area contributed by atoms with Gasteiger partial charge in [-0.25, -0.2) is 0 Å². The summed E-state index contributed by atoms with van der Waals surface area (Å²) >= 11 is 6.52. The van der Waals surface area contributed by atoms with Gasteiger partial charge in [0.05, 0.1) is 12.5 Å². The van der Waals surface area contributed by atoms with Crippen LogP contribution in [0.25, 0.3) is 0 Å². The van der Waals surface area contributed by atoms with Gasteiger partial charge in [0.2, 0.25) is 11.8 Å². The van der Waals surface area contributed by atoms with Crippen LogP contribution in [-0.2, 0) is 33.9 Å². The lowest BCUT2D eigenvalue weighted by atomic mass is 9.65. The summed E-state index contributed by atoms with van der Waals surface area (Å²) in [5.74, 6) is -2.56. The van der Waals surface area contributed by atoms with Crippen molar-refractivity contribution < 1.29 is 35.9 Å². The number of benzene rings is 1. The van der Waals surface area contributed by atoms with Crippen molar-refractivity contribution in [3.8, 4) is 0 Å². The number of hydrogen-bond acceptors (Lipinski definition) is 3. The van der Waals surface area contributed by atoms with E-state index in [1.165, 1.54) is 43.4 Å². The SMILES string of the molecule is CCC(C)NC(=O)C1C=CC=C(Cl)C1(C(N)=O)c1ccc(Cn2nc(C(F)(F)F)cc2C(F)(F)F)cc1C. The zero-order valence-corrected chi connectivity index (χ0v) is 21.3. The molecular weight excluding hydrogens is 538 g/mol. The number of nitrogens with zero attached hydrogens (tertiary/aromatic N) is 2. The van der Waals surface area contributed by atoms with Crippen LogP contribution in [0, 0.1) is 12.8 Å². The summed E-state index contributed by atoms with van der Waals surface area (Å²) < 4.78 is 79.6. The molecule has 1 aromatic carbocycles. The predicted molar refractivity (Wildman–Crippen MR) is 128 cm³/mol. The molecule has 6 nitrogen and oxygen atoms in total. The molecular formula is C25H25ClF6N4O2. The van der Waals surface area contributed by atoms with Gasteiger partial charge in [-0.15, -0.1) is 0 Å². The molecule has 3 N–H and O–H groups in total. The van der Waals surface area contributed by atoms with E-state index in [0.29, 0.717) is 12.0 Å². The Labute approximate surface area is 219 Å². The summed E-state index contributed by atoms with van der Waals surface area (Å²) in [6, 6.07) is 3.83. The lowest BCUT2D eigenvalue weighted by molar-refractivity contribution is -0.144. The van der Waals surface area contributed by atoms with Crippen molar-refractivity contribution in [1.82, 2.24) is 15.1 Å². The minimum Gasteiger partial charge on any atom is -0.369 e. The second-order valence-electron chi connectivity index (χ2n) is 9.08. The summed E-state index contributed by atoms with van der Waals surface area (Å²) in [6.07, 6.45) is -5.11. The van der Waals surface area contributed by atoms with Crippen molar-refractivity contribution in [2.45, 2.75) is 57.5 Å². The van der Waals surface area contributed by atoms with Crippen LogP contribution in [0.4, 0.5) is 26.3 Å². The lowest BCUT2D eigenvalue weighted by Crippen LogP contribution is -2.54. The molecule has 2 amide bonds. The highest BCUT2D eigenvalue weighted by molar-refractivity contribution is 6.34. The van der Waals surface area contributed by atoms with Crippen molar-refractivity contribution in [3.05, 3.63) is 75.6 Å². The summed E-state index contributed by atoms with van der Waals surface area (Å²) in [4.78, 5) is 26.1. The number of amides is 2. The van der Waals surface area contributed by atoms with Gasteiger partial charge in [0.15, 0.2) is 5.69 Å². The minimum absolute atomic E-state index is 0.0334. The molecule has 0 spiro atoms. The first-order valence-electron chi connectivity index (χ1n) is 11.5. The fourth-order valence-electron chi connectivity index (χ4n) is 4.44. The van der Waals surface area contributed by atoms with Crippen LogP contribution in [0.2, 0.25) is 0 Å². The molecule has 1 aliphatic rings. The third-order valence-electron chi connectivity index (χ3n) is 6.47. The Bertz CT molecular complexity index is 1300. The Hall–Kier alpha value is -3.28. The van der Waals surface area contributed by atoms with E-state index in [4.69, 9.17) is 17.3 Å². The topological polar surface area (TPSA) is 90.0 Å². The number of rotatable bonds is 7. The smallest absolute Gasteiger partial charge is 0.369 e. The van der Waals surface area contributed by atoms with E-state index < -0.39 is 53.4 Å². The molecule has 0 saturated heterocycles. The van der Waals surface area contributed by atoms with E-state index in [-0.39, 0.29) is 32.9 Å². The summed E-state index contributed by atoms with van der Waals surface area (Å²) in [7, 11) is 0. The Morgan fingerprint density at radius 2 is 1.84 bits per heavy atom. The van der Waals surface area contributed by atoms with E-state index in [9.17, 15) is 35.9 Å². The second kappa shape index (κ2) is 10.5. The maximum Gasteiger partial charge on any atom is 0.435 e. The van der Waals surface area contributed by atoms with E-state index in [1.54, 1.807) is 6.92 Å². The summed E-state index contributed by atoms with van der Waals surface area (Å²) in [5, 5.41) is 5.89. The predicted octanol–water partition coefficient (Wildman–Crippen LogP) is 5.22. The number of primary amides is 1. The number of carbonyl (C=O) groups is 2. The van der Waals surface area contributed by atoms with Crippen molar-refractivity contribution in [1.29, 1.82) is 0 Å². The number of carbonyl (C=O) groups excluding carboxylic acids is 2. The third kappa shape index (κ3) is 5.45. The molecule has 1 aromatic heterocycles. The maximum absolute atomic E-state index is 13.4. The maximum atomic E-state index is 13.4. The molecule has 13 heteroatoms. The van der Waals surface area contributed by atoms with Gasteiger partial charge in [-0.2, -0.15) is 31.4 Å². The van der Waals surface area contributed by atoms with E-state index in [0.717, 1.165) is 0 Å². The molecule has 0 aliphatic heterocycles. The zero-order valence-electron chi connectivity index (χ0n) is 20.5. The van der Waals surface area contributed by atoms with Gasteiger partial charge < -0.3 is 11.1 Å². The zero-order chi connectivity index (χ0) is 28.6. The average Bonchev–Trinajstić information content (AvgIpc) is 3.24. The Balaban J connectivity index is 2.08. The average molecular weight is 563 g/mol. The molecule has 3 rings (SSSR count). The molecule has 0 fully saturated rings. The minimum atomic E-state index is -5.08. The number of aryl methyl sites for hydroxylation is 1. The number of alkyl halides is 6. The van der Waals surface area contributed by atoms with Gasteiger partial charge in [0.25, 0.3) is 0 Å². The first-order valence-corrected chi connectivity index (χ1v) is 11.9. The molecule has 206 valence electrons. The fraction of sp³-hybridized carbons (Fsp3) is 0.400. The van der Waals surface area contributed by atoms with Crippen molar-refractivity contribution in [3.63, 3.8) is 0 Å². The molecule has 0 bridgehead atoms. The normalized spacial score (nSPS) is 20.7. The van der Waals surface area contributed by atoms with Crippen LogP contribution in [-0.4, -0.2) is 27.6 Å². The van der Waals surface area contributed by atoms with Crippen LogP contribution in [0.3, 0.4) is 0 Å². The first-order chi connectivity index (χ1) is 17.5. The monoisotopic (exact) mass is 562 g/mol. The van der Waals surface area contributed by atoms with Gasteiger partial charge in [-0.3, -0.25) is 14.3 Å². The number of hydrogen-bond donors (Lipinski definition) is 2. The van der Waals surface area contributed by atoms with Crippen LogP contribution in [0.5, 0.6) is 0 Å². The van der Waals surface area contributed by atoms with E-state index >= 15 is 0 Å². The van der Waals surface area contributed by atoms with Crippen LogP contribution < -0.4 is 11.1 Å². The van der Waals surface area contributed by atoms with Gasteiger partial charge in [0.1, 0.15) is 11.1 Å². The van der Waals surface area contributed by atoms with Crippen molar-refractivity contribution >= 4 is 23.4 Å². The third-order valence-corrected chi connectivity index (χ3v) is 6.89. The number of allylic oxidation sites excluding steroid dienone is 2. The molecule has 1 aliphatic carbocycles. The van der Waals surface area contributed by atoms with Gasteiger partial charge in [-0.05, 0) is 43.0 Å². The fourth-order valence-corrected chi connectivity index (χ4v) is 4.82. The Kier molecular flexibility index (Phi) is 8.07. The first kappa shape index (κ1) is 29.3. The standard InChI is InChI=1S/C25H25ClF6N4O2/c1-4-14(3)34-21(37)17-6-5-7-18(26)23(17,22(33)38)16-9-8-15(10-13(16)2)12-36-20(25(30,31)32)11-19(35-36)24(27,28)29/h5-11,14,17H,4,12H2,1-3H3,(H2,33,38)(H,34,37). The molecule has 0 saturated carbocycles. The number of nitrogens with two attached hydrogens (primary N) is 1. The van der Waals surface area contributed by atoms with E-state index in [1.807, 2.05) is 6.92 Å². The highest BCUT2D eigenvalue weighted by Gasteiger charge is 2.52. The van der Waals surface area contributed by atoms with Crippen LogP contribution in [0.15, 0.2) is 47.5 Å². The van der Waals surface area contributed by atoms with Gasteiger partial charge in [0, 0.05) is 17.1 Å². The summed E-state index contributed by atoms with van der Waals surface area (Å²) in [6.45, 7) is 4.53. The van der Waals surface area contributed by atoms with Crippen molar-refractivity contribution in [2.24, 2.45) is 11.7 Å². The summed E-state index contributed by atoms with van der Waals surface area (Å²) in [5.41, 5.74) is 1.51. The number of halogens is 7.